The molecule has 3 heterocycles. The van der Waals surface area contributed by atoms with Gasteiger partial charge in [0.2, 0.25) is 11.6 Å². The molecule has 1 amide bonds. The molecule has 0 radical (unpaired) electrons. The standard InChI is InChI=1S/C22H18N4O4/c1-2-13-7-9-14(10-8-13)18-20(28)23-19-15-5-3-4-6-16(15)25-17(27)11-12-22(25,21(29)30)26(19)24-18/h3-10H,2,11-12H2,1H3,(H,29,30)/t22-/m1/s1. The summed E-state index contributed by atoms with van der Waals surface area (Å²) in [4.78, 5) is 43.6. The normalized spacial score (nSPS) is 19.2. The van der Waals surface area contributed by atoms with E-state index in [0.717, 1.165) is 12.0 Å². The van der Waals surface area contributed by atoms with Gasteiger partial charge in [-0.05, 0) is 24.1 Å². The topological polar surface area (TPSA) is 105 Å². The molecule has 1 atom stereocenters. The highest BCUT2D eigenvalue weighted by molar-refractivity contribution is 6.07. The lowest BCUT2D eigenvalue weighted by Crippen LogP contribution is -2.58. The fourth-order valence-corrected chi connectivity index (χ4v) is 4.29. The summed E-state index contributed by atoms with van der Waals surface area (Å²) < 4.78 is 1.24. The van der Waals surface area contributed by atoms with Crippen LogP contribution in [-0.4, -0.2) is 31.7 Å². The summed E-state index contributed by atoms with van der Waals surface area (Å²) in [6.07, 6.45) is 0.952. The number of aromatic nitrogens is 3. The number of carbonyl (C=O) groups excluding carboxylic acids is 1. The van der Waals surface area contributed by atoms with Crippen LogP contribution in [0.3, 0.4) is 0 Å². The van der Waals surface area contributed by atoms with Crippen molar-refractivity contribution >= 4 is 17.6 Å². The Morgan fingerprint density at radius 3 is 2.57 bits per heavy atom. The number of amides is 1. The number of fused-ring (bicyclic) bond motifs is 6. The molecule has 1 N–H and O–H groups in total. The summed E-state index contributed by atoms with van der Waals surface area (Å²) in [5.41, 5.74) is 0.348. The van der Waals surface area contributed by atoms with Crippen LogP contribution >= 0.6 is 0 Å². The first-order valence-corrected chi connectivity index (χ1v) is 9.74. The van der Waals surface area contributed by atoms with Gasteiger partial charge in [0.1, 0.15) is 0 Å². The molecule has 1 aromatic heterocycles. The molecule has 2 aliphatic rings. The minimum atomic E-state index is -1.75. The van der Waals surface area contributed by atoms with Gasteiger partial charge in [-0.1, -0.05) is 43.3 Å². The summed E-state index contributed by atoms with van der Waals surface area (Å²) in [5, 5.41) is 14.7. The molecule has 0 unspecified atom stereocenters. The Bertz CT molecular complexity index is 1260. The third-order valence-electron chi connectivity index (χ3n) is 5.83. The van der Waals surface area contributed by atoms with Crippen molar-refractivity contribution in [1.29, 1.82) is 0 Å². The SMILES string of the molecule is CCc1ccc(-c2nn3c(nc2=O)-c2ccccc2N2C(=O)CC[C@@]23C(=O)O)cc1. The van der Waals surface area contributed by atoms with E-state index < -0.39 is 17.2 Å². The maximum atomic E-state index is 12.9. The van der Waals surface area contributed by atoms with E-state index in [9.17, 15) is 19.5 Å². The molecule has 0 spiro atoms. The number of anilines is 1. The van der Waals surface area contributed by atoms with E-state index in [1.165, 1.54) is 9.58 Å². The molecule has 1 fully saturated rings. The van der Waals surface area contributed by atoms with Crippen molar-refractivity contribution in [1.82, 2.24) is 14.8 Å². The monoisotopic (exact) mass is 402 g/mol. The summed E-state index contributed by atoms with van der Waals surface area (Å²) >= 11 is 0. The number of benzene rings is 2. The van der Waals surface area contributed by atoms with Crippen molar-refractivity contribution in [2.45, 2.75) is 31.8 Å². The number of carbonyl (C=O) groups is 2. The first-order valence-electron chi connectivity index (χ1n) is 9.74. The number of hydrogen-bond acceptors (Lipinski definition) is 5. The molecular formula is C22H18N4O4. The van der Waals surface area contributed by atoms with Gasteiger partial charge in [-0.3, -0.25) is 14.5 Å². The average Bonchev–Trinajstić information content (AvgIpc) is 3.12. The maximum Gasteiger partial charge on any atom is 0.353 e. The molecule has 0 aliphatic carbocycles. The van der Waals surface area contributed by atoms with E-state index in [2.05, 4.69) is 10.1 Å². The molecule has 0 bridgehead atoms. The average molecular weight is 402 g/mol. The van der Waals surface area contributed by atoms with Crippen LogP contribution in [0.5, 0.6) is 0 Å². The minimum absolute atomic E-state index is 0.0360. The van der Waals surface area contributed by atoms with Gasteiger partial charge >= 0.3 is 5.97 Å². The Kier molecular flexibility index (Phi) is 3.86. The van der Waals surface area contributed by atoms with Gasteiger partial charge in [0.25, 0.3) is 5.56 Å². The molecule has 0 saturated carbocycles. The summed E-state index contributed by atoms with van der Waals surface area (Å²) in [6.45, 7) is 2.03. The highest BCUT2D eigenvalue weighted by Gasteiger charge is 2.58. The van der Waals surface area contributed by atoms with Gasteiger partial charge in [0, 0.05) is 24.0 Å². The van der Waals surface area contributed by atoms with Crippen molar-refractivity contribution < 1.29 is 14.7 Å². The van der Waals surface area contributed by atoms with Crippen LogP contribution in [0.4, 0.5) is 5.69 Å². The van der Waals surface area contributed by atoms with E-state index in [4.69, 9.17) is 0 Å². The van der Waals surface area contributed by atoms with Crippen LogP contribution < -0.4 is 10.5 Å². The zero-order valence-electron chi connectivity index (χ0n) is 16.2. The molecule has 3 aromatic rings. The van der Waals surface area contributed by atoms with Crippen LogP contribution in [0.25, 0.3) is 22.6 Å². The highest BCUT2D eigenvalue weighted by Crippen LogP contribution is 2.47. The Morgan fingerprint density at radius 1 is 1.13 bits per heavy atom. The van der Waals surface area contributed by atoms with E-state index in [-0.39, 0.29) is 30.3 Å². The minimum Gasteiger partial charge on any atom is -0.478 e. The van der Waals surface area contributed by atoms with E-state index in [0.29, 0.717) is 16.8 Å². The van der Waals surface area contributed by atoms with Gasteiger partial charge in [-0.15, -0.1) is 0 Å². The molecule has 8 heteroatoms. The summed E-state index contributed by atoms with van der Waals surface area (Å²) in [7, 11) is 0. The van der Waals surface area contributed by atoms with E-state index in [1.54, 1.807) is 36.4 Å². The Hall–Kier alpha value is -3.81. The predicted octanol–water partition coefficient (Wildman–Crippen LogP) is 2.41. The first-order chi connectivity index (χ1) is 14.5. The fourth-order valence-electron chi connectivity index (χ4n) is 4.29. The Morgan fingerprint density at radius 2 is 1.87 bits per heavy atom. The second kappa shape index (κ2) is 6.35. The van der Waals surface area contributed by atoms with Crippen molar-refractivity contribution in [2.75, 3.05) is 4.90 Å². The van der Waals surface area contributed by atoms with E-state index >= 15 is 0 Å². The first kappa shape index (κ1) is 18.2. The Balaban J connectivity index is 1.83. The van der Waals surface area contributed by atoms with Gasteiger partial charge in [-0.25, -0.2) is 9.48 Å². The number of para-hydroxylation sites is 1. The molecule has 150 valence electrons. The third kappa shape index (κ3) is 2.30. The number of aliphatic carboxylic acids is 1. The van der Waals surface area contributed by atoms with Gasteiger partial charge in [0.05, 0.1) is 5.69 Å². The maximum absolute atomic E-state index is 12.9. The second-order valence-electron chi connectivity index (χ2n) is 7.42. The zero-order chi connectivity index (χ0) is 21.0. The zero-order valence-corrected chi connectivity index (χ0v) is 16.2. The van der Waals surface area contributed by atoms with Crippen LogP contribution in [-0.2, 0) is 21.7 Å². The van der Waals surface area contributed by atoms with Gasteiger partial charge in [-0.2, -0.15) is 10.1 Å². The summed E-state index contributed by atoms with van der Waals surface area (Å²) in [5.74, 6) is -1.36. The molecule has 8 nitrogen and oxygen atoms in total. The van der Waals surface area contributed by atoms with Crippen LogP contribution in [0.1, 0.15) is 25.3 Å². The quantitative estimate of drug-likeness (QED) is 0.721. The summed E-state index contributed by atoms with van der Waals surface area (Å²) in [6, 6.07) is 14.2. The number of carboxylic acid groups (broad SMARTS) is 1. The van der Waals surface area contributed by atoms with Crippen LogP contribution in [0, 0.1) is 0 Å². The lowest BCUT2D eigenvalue weighted by molar-refractivity contribution is -0.148. The second-order valence-corrected chi connectivity index (χ2v) is 7.42. The number of aryl methyl sites for hydroxylation is 1. The smallest absolute Gasteiger partial charge is 0.353 e. The van der Waals surface area contributed by atoms with Crippen LogP contribution in [0.2, 0.25) is 0 Å². The van der Waals surface area contributed by atoms with Crippen molar-refractivity contribution in [3.63, 3.8) is 0 Å². The van der Waals surface area contributed by atoms with Crippen molar-refractivity contribution in [3.05, 3.63) is 64.4 Å². The molecular weight excluding hydrogens is 384 g/mol. The van der Waals surface area contributed by atoms with Crippen molar-refractivity contribution in [2.24, 2.45) is 0 Å². The molecule has 2 aliphatic heterocycles. The number of hydrogen-bond donors (Lipinski definition) is 1. The molecule has 2 aromatic carbocycles. The lowest BCUT2D eigenvalue weighted by Gasteiger charge is -2.41. The number of nitrogens with zero attached hydrogens (tertiary/aromatic N) is 4. The largest absolute Gasteiger partial charge is 0.478 e. The number of carboxylic acids is 1. The lowest BCUT2D eigenvalue weighted by atomic mass is 10.00. The highest BCUT2D eigenvalue weighted by atomic mass is 16.4. The predicted molar refractivity (Wildman–Crippen MR) is 109 cm³/mol. The third-order valence-corrected chi connectivity index (χ3v) is 5.83. The number of rotatable bonds is 3. The van der Waals surface area contributed by atoms with Gasteiger partial charge in [0.15, 0.2) is 11.5 Å². The van der Waals surface area contributed by atoms with Crippen LogP contribution in [0.15, 0.2) is 53.3 Å². The van der Waals surface area contributed by atoms with Gasteiger partial charge < -0.3 is 5.11 Å². The molecule has 5 rings (SSSR count). The fraction of sp³-hybridized carbons (Fsp3) is 0.227. The molecule has 1 saturated heterocycles. The molecule has 30 heavy (non-hydrogen) atoms. The Labute approximate surface area is 171 Å². The van der Waals surface area contributed by atoms with Crippen molar-refractivity contribution in [3.8, 4) is 22.6 Å². The van der Waals surface area contributed by atoms with E-state index in [1.807, 2.05) is 19.1 Å².